The number of hydrogen-bond donors (Lipinski definition) is 0. The first kappa shape index (κ1) is 16.5. The predicted octanol–water partition coefficient (Wildman–Crippen LogP) is 3.55. The van der Waals surface area contributed by atoms with E-state index >= 15 is 0 Å². The molecule has 1 aromatic rings. The average molecular weight is 290 g/mol. The van der Waals surface area contributed by atoms with Crippen LogP contribution in [0.2, 0.25) is 0 Å². The van der Waals surface area contributed by atoms with Crippen molar-refractivity contribution in [2.45, 2.75) is 39.8 Å². The number of nitrogens with zero attached hydrogens (tertiary/aromatic N) is 2. The summed E-state index contributed by atoms with van der Waals surface area (Å²) >= 11 is 4.67. The molecule has 1 rings (SSSR count). The van der Waals surface area contributed by atoms with Crippen LogP contribution < -0.4 is 0 Å². The van der Waals surface area contributed by atoms with Gasteiger partial charge in [0.1, 0.15) is 6.04 Å². The van der Waals surface area contributed by atoms with Gasteiger partial charge in [0, 0.05) is 13.6 Å². The van der Waals surface area contributed by atoms with Gasteiger partial charge in [0.15, 0.2) is 0 Å². The summed E-state index contributed by atoms with van der Waals surface area (Å²) in [6.45, 7) is 6.84. The van der Waals surface area contributed by atoms with Crippen LogP contribution >= 0.6 is 12.2 Å². The van der Waals surface area contributed by atoms with Crippen LogP contribution in [0.5, 0.6) is 0 Å². The fourth-order valence-corrected chi connectivity index (χ4v) is 2.15. The lowest BCUT2D eigenvalue weighted by molar-refractivity contribution is -0.132. The summed E-state index contributed by atoms with van der Waals surface area (Å²) in [5.74, 6) is -0.0128. The number of amides is 1. The molecule has 0 bridgehead atoms. The van der Waals surface area contributed by atoms with Crippen molar-refractivity contribution in [3.63, 3.8) is 0 Å². The Morgan fingerprint density at radius 1 is 1.35 bits per heavy atom. The van der Waals surface area contributed by atoms with E-state index in [0.717, 1.165) is 5.56 Å². The second-order valence-corrected chi connectivity index (χ2v) is 6.36. The van der Waals surface area contributed by atoms with Gasteiger partial charge >= 0.3 is 0 Å². The van der Waals surface area contributed by atoms with Crippen molar-refractivity contribution in [3.05, 3.63) is 35.9 Å². The second kappa shape index (κ2) is 7.32. The van der Waals surface area contributed by atoms with Gasteiger partial charge in [-0.25, -0.2) is 4.99 Å². The molecule has 4 heteroatoms. The van der Waals surface area contributed by atoms with Crippen LogP contribution in [0, 0.1) is 5.41 Å². The number of rotatable bonds is 5. The fourth-order valence-electron chi connectivity index (χ4n) is 2.02. The van der Waals surface area contributed by atoms with E-state index < -0.39 is 6.04 Å². The fraction of sp³-hybridized carbons (Fsp3) is 0.500. The quantitative estimate of drug-likeness (QED) is 0.613. The molecule has 0 aliphatic carbocycles. The minimum atomic E-state index is -0.443. The Morgan fingerprint density at radius 3 is 2.45 bits per heavy atom. The highest BCUT2D eigenvalue weighted by molar-refractivity contribution is 7.78. The molecule has 1 aromatic carbocycles. The summed E-state index contributed by atoms with van der Waals surface area (Å²) in [6, 6.07) is 9.46. The summed E-state index contributed by atoms with van der Waals surface area (Å²) in [7, 11) is 1.80. The van der Waals surface area contributed by atoms with Gasteiger partial charge in [-0.2, -0.15) is 0 Å². The molecule has 3 nitrogen and oxygen atoms in total. The van der Waals surface area contributed by atoms with Gasteiger partial charge in [-0.3, -0.25) is 4.79 Å². The van der Waals surface area contributed by atoms with E-state index in [0.29, 0.717) is 13.0 Å². The van der Waals surface area contributed by atoms with Crippen LogP contribution in [-0.4, -0.2) is 29.1 Å². The van der Waals surface area contributed by atoms with Gasteiger partial charge in [-0.1, -0.05) is 51.1 Å². The van der Waals surface area contributed by atoms with Crippen molar-refractivity contribution < 1.29 is 4.79 Å². The van der Waals surface area contributed by atoms with Crippen LogP contribution in [0.15, 0.2) is 35.3 Å². The molecule has 1 amide bonds. The summed E-state index contributed by atoms with van der Waals surface area (Å²) in [6.07, 6.45) is 0.661. The van der Waals surface area contributed by atoms with E-state index in [1.54, 1.807) is 11.9 Å². The maximum atomic E-state index is 12.5. The van der Waals surface area contributed by atoms with Gasteiger partial charge in [0.25, 0.3) is 0 Å². The number of hydrogen-bond acceptors (Lipinski definition) is 3. The number of thiocarbonyl (C=S) groups is 1. The Hall–Kier alpha value is -1.51. The van der Waals surface area contributed by atoms with Gasteiger partial charge in [-0.15, -0.1) is 0 Å². The number of benzene rings is 1. The summed E-state index contributed by atoms with van der Waals surface area (Å²) in [5, 5.41) is 2.35. The molecular formula is C16H22N2OS. The molecule has 0 saturated heterocycles. The molecule has 0 saturated carbocycles. The highest BCUT2D eigenvalue weighted by atomic mass is 32.1. The lowest BCUT2D eigenvalue weighted by atomic mass is 9.88. The average Bonchev–Trinajstić information content (AvgIpc) is 2.37. The zero-order chi connectivity index (χ0) is 15.2. The van der Waals surface area contributed by atoms with Crippen LogP contribution in [0.3, 0.4) is 0 Å². The third-order valence-corrected chi connectivity index (χ3v) is 3.04. The third-order valence-electron chi connectivity index (χ3n) is 2.94. The molecule has 0 fully saturated rings. The van der Waals surface area contributed by atoms with Crippen LogP contribution in [0.4, 0.5) is 0 Å². The lowest BCUT2D eigenvalue weighted by Crippen LogP contribution is -2.37. The highest BCUT2D eigenvalue weighted by Crippen LogP contribution is 2.23. The Bertz CT molecular complexity index is 487. The summed E-state index contributed by atoms with van der Waals surface area (Å²) in [5.41, 5.74) is 1.12. The maximum absolute atomic E-state index is 12.5. The first-order valence-corrected chi connectivity index (χ1v) is 7.10. The van der Waals surface area contributed by atoms with E-state index in [1.807, 2.05) is 30.3 Å². The molecule has 0 aromatic heterocycles. The Labute approximate surface area is 126 Å². The molecule has 0 N–H and O–H groups in total. The van der Waals surface area contributed by atoms with Gasteiger partial charge in [0.05, 0.1) is 5.16 Å². The van der Waals surface area contributed by atoms with Crippen molar-refractivity contribution in [1.29, 1.82) is 0 Å². The molecule has 0 unspecified atom stereocenters. The van der Waals surface area contributed by atoms with Crippen LogP contribution in [-0.2, 0) is 11.3 Å². The van der Waals surface area contributed by atoms with E-state index in [-0.39, 0.29) is 11.3 Å². The normalized spacial score (nSPS) is 12.4. The molecule has 1 atom stereocenters. The third kappa shape index (κ3) is 5.64. The number of carbonyl (C=O) groups excluding carboxylic acids is 1. The van der Waals surface area contributed by atoms with Crippen molar-refractivity contribution in [2.75, 3.05) is 7.05 Å². The molecule has 108 valence electrons. The standard InChI is InChI=1S/C16H22N2OS/c1-16(2,3)10-14(17-12-20)15(19)18(4)11-13-8-6-5-7-9-13/h5-9,14H,10-11H2,1-4H3/t14-/m0/s1. The minimum absolute atomic E-state index is 0.0128. The van der Waals surface area contributed by atoms with Gasteiger partial charge in [0.2, 0.25) is 5.91 Å². The Balaban J connectivity index is 2.76. The smallest absolute Gasteiger partial charge is 0.248 e. The topological polar surface area (TPSA) is 32.7 Å². The molecule has 0 aliphatic rings. The first-order chi connectivity index (χ1) is 9.33. The van der Waals surface area contributed by atoms with Crippen molar-refractivity contribution >= 4 is 23.3 Å². The first-order valence-electron chi connectivity index (χ1n) is 6.69. The minimum Gasteiger partial charge on any atom is -0.340 e. The Morgan fingerprint density at radius 2 is 1.95 bits per heavy atom. The second-order valence-electron chi connectivity index (χ2n) is 6.18. The molecule has 0 radical (unpaired) electrons. The van der Waals surface area contributed by atoms with Crippen molar-refractivity contribution in [3.8, 4) is 0 Å². The Kier molecular flexibility index (Phi) is 6.05. The van der Waals surface area contributed by atoms with E-state index in [2.05, 4.69) is 43.1 Å². The number of aliphatic imine (C=N–C) groups is 1. The van der Waals surface area contributed by atoms with Crippen molar-refractivity contribution in [2.24, 2.45) is 10.4 Å². The van der Waals surface area contributed by atoms with E-state index in [9.17, 15) is 4.79 Å². The van der Waals surface area contributed by atoms with Gasteiger partial charge in [-0.05, 0) is 29.6 Å². The molecular weight excluding hydrogens is 268 g/mol. The number of likely N-dealkylation sites (N-methyl/N-ethyl adjacent to an activating group) is 1. The molecule has 0 aliphatic heterocycles. The summed E-state index contributed by atoms with van der Waals surface area (Å²) in [4.78, 5) is 18.2. The monoisotopic (exact) mass is 290 g/mol. The number of isothiocyanates is 1. The van der Waals surface area contributed by atoms with E-state index in [4.69, 9.17) is 0 Å². The predicted molar refractivity (Wildman–Crippen MR) is 85.8 cm³/mol. The van der Waals surface area contributed by atoms with Gasteiger partial charge < -0.3 is 4.90 Å². The largest absolute Gasteiger partial charge is 0.340 e. The maximum Gasteiger partial charge on any atom is 0.248 e. The molecule has 0 spiro atoms. The zero-order valence-corrected chi connectivity index (χ0v) is 13.4. The SMILES string of the molecule is CN(Cc1ccccc1)C(=O)[C@H](CC(C)(C)C)N=C=S. The highest BCUT2D eigenvalue weighted by Gasteiger charge is 2.26. The number of carbonyl (C=O) groups is 1. The molecule has 0 heterocycles. The zero-order valence-electron chi connectivity index (χ0n) is 12.6. The van der Waals surface area contributed by atoms with Crippen LogP contribution in [0.1, 0.15) is 32.8 Å². The van der Waals surface area contributed by atoms with E-state index in [1.165, 1.54) is 0 Å². The molecule has 20 heavy (non-hydrogen) atoms. The lowest BCUT2D eigenvalue weighted by Gasteiger charge is -2.26. The van der Waals surface area contributed by atoms with Crippen molar-refractivity contribution in [1.82, 2.24) is 4.90 Å². The van der Waals surface area contributed by atoms with Crippen LogP contribution in [0.25, 0.3) is 0 Å². The summed E-state index contributed by atoms with van der Waals surface area (Å²) < 4.78 is 0.